The second-order valence-electron chi connectivity index (χ2n) is 8.96. The Bertz CT molecular complexity index is 835. The Kier molecular flexibility index (Phi) is 11.3. The number of unbranched alkanes of at least 4 members (excludes halogenated alkanes) is 1. The summed E-state index contributed by atoms with van der Waals surface area (Å²) < 4.78 is 6.12. The van der Waals surface area contributed by atoms with Crippen LogP contribution >= 0.6 is 24.0 Å². The minimum Gasteiger partial charge on any atom is -0.490 e. The molecule has 0 radical (unpaired) electrons. The molecule has 2 aromatic rings. The monoisotopic (exact) mass is 577 g/mol. The van der Waals surface area contributed by atoms with Gasteiger partial charge in [0.2, 0.25) is 0 Å². The van der Waals surface area contributed by atoms with Crippen molar-refractivity contribution < 1.29 is 4.74 Å². The number of piperazine rings is 1. The molecule has 0 spiro atoms. The summed E-state index contributed by atoms with van der Waals surface area (Å²) in [6, 6.07) is 20.9. The summed E-state index contributed by atoms with van der Waals surface area (Å²) in [6.45, 7) is 8.71. The Morgan fingerprint density at radius 3 is 2.18 bits per heavy atom. The lowest BCUT2D eigenvalue weighted by molar-refractivity contribution is 0.129. The molecule has 2 fully saturated rings. The number of likely N-dealkylation sites (tertiary alicyclic amines) is 1. The molecule has 34 heavy (non-hydrogen) atoms. The number of nitrogens with zero attached hydrogens (tertiary/aromatic N) is 4. The predicted octanol–water partition coefficient (Wildman–Crippen LogP) is 4.33. The predicted molar refractivity (Wildman–Crippen MR) is 153 cm³/mol. The first-order chi connectivity index (χ1) is 16.3. The summed E-state index contributed by atoms with van der Waals surface area (Å²) in [5.41, 5.74) is 1.35. The first kappa shape index (κ1) is 26.6. The van der Waals surface area contributed by atoms with E-state index in [-0.39, 0.29) is 24.0 Å². The van der Waals surface area contributed by atoms with E-state index in [0.717, 1.165) is 70.4 Å². The van der Waals surface area contributed by atoms with Gasteiger partial charge in [0.05, 0.1) is 0 Å². The number of rotatable bonds is 8. The second kappa shape index (κ2) is 14.4. The van der Waals surface area contributed by atoms with Gasteiger partial charge in [0.1, 0.15) is 11.9 Å². The van der Waals surface area contributed by atoms with Gasteiger partial charge in [0.25, 0.3) is 0 Å². The zero-order valence-electron chi connectivity index (χ0n) is 20.4. The number of halogens is 1. The first-order valence-electron chi connectivity index (χ1n) is 12.5. The summed E-state index contributed by atoms with van der Waals surface area (Å²) in [5, 5.41) is 3.58. The van der Waals surface area contributed by atoms with Crippen LogP contribution in [0.15, 0.2) is 65.7 Å². The number of para-hydroxylation sites is 2. The molecule has 0 unspecified atom stereocenters. The van der Waals surface area contributed by atoms with E-state index in [4.69, 9.17) is 4.74 Å². The highest BCUT2D eigenvalue weighted by Crippen LogP contribution is 2.19. The van der Waals surface area contributed by atoms with Crippen molar-refractivity contribution in [2.45, 2.75) is 31.8 Å². The van der Waals surface area contributed by atoms with E-state index >= 15 is 0 Å². The largest absolute Gasteiger partial charge is 0.490 e. The highest BCUT2D eigenvalue weighted by molar-refractivity contribution is 14.0. The number of benzene rings is 2. The van der Waals surface area contributed by atoms with Gasteiger partial charge in [0.15, 0.2) is 5.96 Å². The van der Waals surface area contributed by atoms with E-state index < -0.39 is 0 Å². The van der Waals surface area contributed by atoms with E-state index in [0.29, 0.717) is 6.10 Å². The molecule has 0 saturated carbocycles. The zero-order valence-corrected chi connectivity index (χ0v) is 22.8. The quantitative estimate of drug-likeness (QED) is 0.219. The molecule has 186 valence electrons. The molecule has 2 heterocycles. The number of hydrogen-bond acceptors (Lipinski definition) is 4. The molecule has 0 bridgehead atoms. The molecule has 2 aliphatic heterocycles. The van der Waals surface area contributed by atoms with Crippen molar-refractivity contribution >= 4 is 35.6 Å². The molecule has 0 aliphatic carbocycles. The molecule has 4 rings (SSSR count). The lowest BCUT2D eigenvalue weighted by Gasteiger charge is -2.36. The molecule has 7 heteroatoms. The van der Waals surface area contributed by atoms with E-state index in [1.54, 1.807) is 0 Å². The normalized spacial score (nSPS) is 17.9. The van der Waals surface area contributed by atoms with Crippen molar-refractivity contribution in [1.82, 2.24) is 15.1 Å². The lowest BCUT2D eigenvalue weighted by Crippen LogP contribution is -2.48. The van der Waals surface area contributed by atoms with Crippen LogP contribution in [0.3, 0.4) is 0 Å². The molecular weight excluding hydrogens is 537 g/mol. The fourth-order valence-corrected chi connectivity index (χ4v) is 4.74. The highest BCUT2D eigenvalue weighted by atomic mass is 127. The number of piperidine rings is 1. The maximum Gasteiger partial charge on any atom is 0.193 e. The summed E-state index contributed by atoms with van der Waals surface area (Å²) in [5.74, 6) is 2.00. The average molecular weight is 578 g/mol. The van der Waals surface area contributed by atoms with E-state index in [9.17, 15) is 0 Å². The Morgan fingerprint density at radius 1 is 0.882 bits per heavy atom. The van der Waals surface area contributed by atoms with Crippen molar-refractivity contribution in [3.8, 4) is 5.75 Å². The molecule has 6 nitrogen and oxygen atoms in total. The molecular formula is C27H40IN5O. The first-order valence-corrected chi connectivity index (χ1v) is 12.5. The van der Waals surface area contributed by atoms with Crippen LogP contribution in [0.25, 0.3) is 0 Å². The maximum absolute atomic E-state index is 6.12. The molecule has 2 aliphatic rings. The fraction of sp³-hybridized carbons (Fsp3) is 0.519. The topological polar surface area (TPSA) is 43.3 Å². The third kappa shape index (κ3) is 8.05. The van der Waals surface area contributed by atoms with Gasteiger partial charge in [-0.3, -0.25) is 9.89 Å². The summed E-state index contributed by atoms with van der Waals surface area (Å²) in [4.78, 5) is 12.0. The number of hydrogen-bond donors (Lipinski definition) is 1. The van der Waals surface area contributed by atoms with Crippen LogP contribution in [0, 0.1) is 0 Å². The van der Waals surface area contributed by atoms with Crippen molar-refractivity contribution in [2.24, 2.45) is 4.99 Å². The molecule has 2 saturated heterocycles. The van der Waals surface area contributed by atoms with Gasteiger partial charge >= 0.3 is 0 Å². The molecule has 0 aromatic heterocycles. The highest BCUT2D eigenvalue weighted by Gasteiger charge is 2.22. The molecule has 1 N–H and O–H groups in total. The van der Waals surface area contributed by atoms with E-state index in [1.165, 1.54) is 25.1 Å². The van der Waals surface area contributed by atoms with Crippen LogP contribution in [0.1, 0.15) is 25.7 Å². The Labute approximate surface area is 222 Å². The Balaban J connectivity index is 0.00000324. The number of nitrogens with one attached hydrogen (secondary N) is 1. The van der Waals surface area contributed by atoms with E-state index in [2.05, 4.69) is 55.3 Å². The van der Waals surface area contributed by atoms with E-state index in [1.807, 2.05) is 37.4 Å². The minimum atomic E-state index is 0. The van der Waals surface area contributed by atoms with Crippen LogP contribution in [0.5, 0.6) is 5.75 Å². The number of guanidine groups is 1. The average Bonchev–Trinajstić information content (AvgIpc) is 2.88. The van der Waals surface area contributed by atoms with Crippen LogP contribution in [-0.2, 0) is 0 Å². The van der Waals surface area contributed by atoms with Crippen LogP contribution < -0.4 is 15.0 Å². The van der Waals surface area contributed by atoms with Crippen molar-refractivity contribution in [2.75, 3.05) is 64.3 Å². The molecule has 0 atom stereocenters. The third-order valence-electron chi connectivity index (χ3n) is 6.68. The van der Waals surface area contributed by atoms with Gasteiger partial charge in [-0.2, -0.15) is 0 Å². The van der Waals surface area contributed by atoms with Gasteiger partial charge in [-0.25, -0.2) is 0 Å². The minimum absolute atomic E-state index is 0. The molecule has 2 aromatic carbocycles. The fourth-order valence-electron chi connectivity index (χ4n) is 4.74. The summed E-state index contributed by atoms with van der Waals surface area (Å²) in [6.07, 6.45) is 4.76. The van der Waals surface area contributed by atoms with Crippen LogP contribution in [0.2, 0.25) is 0 Å². The molecule has 0 amide bonds. The number of anilines is 1. The second-order valence-corrected chi connectivity index (χ2v) is 8.96. The summed E-state index contributed by atoms with van der Waals surface area (Å²) >= 11 is 0. The van der Waals surface area contributed by atoms with Crippen molar-refractivity contribution in [1.29, 1.82) is 0 Å². The van der Waals surface area contributed by atoms with Gasteiger partial charge < -0.3 is 19.9 Å². The number of ether oxygens (including phenoxy) is 1. The Hall–Kier alpha value is -2.00. The Morgan fingerprint density at radius 2 is 1.53 bits per heavy atom. The third-order valence-corrected chi connectivity index (χ3v) is 6.68. The smallest absolute Gasteiger partial charge is 0.193 e. The standard InChI is InChI=1S/C27H39N5O.HI/c1-28-27(32-18-14-26(15-19-32)33-25-12-6-3-7-13-25)29-16-8-9-17-30-20-22-31(23-21-30)24-10-4-2-5-11-24;/h2-7,10-13,26H,8-9,14-23H2,1H3,(H,28,29);1H. The lowest BCUT2D eigenvalue weighted by atomic mass is 10.1. The zero-order chi connectivity index (χ0) is 22.7. The van der Waals surface area contributed by atoms with Crippen LogP contribution in [0.4, 0.5) is 5.69 Å². The van der Waals surface area contributed by atoms with Crippen LogP contribution in [-0.4, -0.2) is 81.3 Å². The van der Waals surface area contributed by atoms with Gasteiger partial charge in [-0.05, 0) is 43.7 Å². The van der Waals surface area contributed by atoms with Crippen molar-refractivity contribution in [3.05, 3.63) is 60.7 Å². The van der Waals surface area contributed by atoms with Gasteiger partial charge in [0, 0.05) is 71.4 Å². The number of aliphatic imine (C=N–C) groups is 1. The van der Waals surface area contributed by atoms with Gasteiger partial charge in [-0.15, -0.1) is 24.0 Å². The maximum atomic E-state index is 6.12. The SMILES string of the molecule is CN=C(NCCCCN1CCN(c2ccccc2)CC1)N1CCC(Oc2ccccc2)CC1.I. The van der Waals surface area contributed by atoms with Crippen molar-refractivity contribution in [3.63, 3.8) is 0 Å². The summed E-state index contributed by atoms with van der Waals surface area (Å²) in [7, 11) is 1.89. The van der Waals surface area contributed by atoms with Gasteiger partial charge in [-0.1, -0.05) is 36.4 Å².